The molecule has 0 heterocycles. The van der Waals surface area contributed by atoms with E-state index < -0.39 is 10.0 Å². The Morgan fingerprint density at radius 3 is 2.48 bits per heavy atom. The molecule has 1 aromatic carbocycles. The van der Waals surface area contributed by atoms with Gasteiger partial charge in [0.1, 0.15) is 0 Å². The molecule has 0 saturated carbocycles. The summed E-state index contributed by atoms with van der Waals surface area (Å²) in [5.74, 6) is -0.296. The van der Waals surface area contributed by atoms with E-state index >= 15 is 0 Å². The van der Waals surface area contributed by atoms with Crippen molar-refractivity contribution in [3.8, 4) is 0 Å². The largest absolute Gasteiger partial charge is 0.399 e. The molecule has 1 aromatic rings. The van der Waals surface area contributed by atoms with E-state index in [9.17, 15) is 13.2 Å². The van der Waals surface area contributed by atoms with Crippen molar-refractivity contribution in [2.24, 2.45) is 0 Å². The Bertz CT molecular complexity index is 599. The van der Waals surface area contributed by atoms with Gasteiger partial charge in [-0.2, -0.15) is 0 Å². The third-order valence-electron chi connectivity index (χ3n) is 3.02. The van der Waals surface area contributed by atoms with Crippen molar-refractivity contribution in [1.82, 2.24) is 9.62 Å². The summed E-state index contributed by atoms with van der Waals surface area (Å²) in [6.45, 7) is 6.87. The molecule has 0 aliphatic carbocycles. The number of benzene rings is 1. The van der Waals surface area contributed by atoms with E-state index in [4.69, 9.17) is 5.73 Å². The predicted octanol–water partition coefficient (Wildman–Crippen LogP) is 1.44. The summed E-state index contributed by atoms with van der Waals surface area (Å²) >= 11 is 0. The SMILES string of the molecule is CCCN(CC)C(=O)c1ccc(N)cc1S(=O)(=O)NCC. The second-order valence-corrected chi connectivity index (χ2v) is 6.38. The van der Waals surface area contributed by atoms with Crippen molar-refractivity contribution in [3.05, 3.63) is 23.8 Å². The molecule has 0 radical (unpaired) electrons. The molecule has 0 bridgehead atoms. The van der Waals surface area contributed by atoms with Gasteiger partial charge in [-0.25, -0.2) is 13.1 Å². The monoisotopic (exact) mass is 313 g/mol. The van der Waals surface area contributed by atoms with Gasteiger partial charge >= 0.3 is 0 Å². The summed E-state index contributed by atoms with van der Waals surface area (Å²) in [5.41, 5.74) is 6.13. The predicted molar refractivity (Wildman–Crippen MR) is 83.6 cm³/mol. The second-order valence-electron chi connectivity index (χ2n) is 4.64. The first-order valence-electron chi connectivity index (χ1n) is 7.05. The third-order valence-corrected chi connectivity index (χ3v) is 4.61. The summed E-state index contributed by atoms with van der Waals surface area (Å²) < 4.78 is 26.9. The lowest BCUT2D eigenvalue weighted by Gasteiger charge is -2.21. The third kappa shape index (κ3) is 4.18. The lowest BCUT2D eigenvalue weighted by atomic mass is 10.1. The molecule has 0 atom stereocenters. The first kappa shape index (κ1) is 17.5. The molecule has 1 amide bonds. The second kappa shape index (κ2) is 7.42. The molecule has 7 heteroatoms. The van der Waals surface area contributed by atoms with Gasteiger partial charge in [0.2, 0.25) is 10.0 Å². The van der Waals surface area contributed by atoms with Gasteiger partial charge in [0, 0.05) is 25.3 Å². The maximum Gasteiger partial charge on any atom is 0.255 e. The number of hydrogen-bond acceptors (Lipinski definition) is 4. The number of nitrogens with two attached hydrogens (primary N) is 1. The highest BCUT2D eigenvalue weighted by molar-refractivity contribution is 7.89. The van der Waals surface area contributed by atoms with Crippen LogP contribution in [0.4, 0.5) is 5.69 Å². The lowest BCUT2D eigenvalue weighted by Crippen LogP contribution is -2.34. The number of nitrogens with zero attached hydrogens (tertiary/aromatic N) is 1. The number of carbonyl (C=O) groups excluding carboxylic acids is 1. The first-order chi connectivity index (χ1) is 9.87. The molecule has 0 spiro atoms. The van der Waals surface area contributed by atoms with Gasteiger partial charge in [-0.05, 0) is 31.5 Å². The van der Waals surface area contributed by atoms with Crippen LogP contribution in [0.1, 0.15) is 37.6 Å². The number of nitrogen functional groups attached to an aromatic ring is 1. The van der Waals surface area contributed by atoms with E-state index in [-0.39, 0.29) is 22.9 Å². The number of carbonyl (C=O) groups is 1. The quantitative estimate of drug-likeness (QED) is 0.745. The van der Waals surface area contributed by atoms with Crippen LogP contribution in [0.15, 0.2) is 23.1 Å². The van der Waals surface area contributed by atoms with Gasteiger partial charge in [0.15, 0.2) is 0 Å². The van der Waals surface area contributed by atoms with Crippen molar-refractivity contribution >= 4 is 21.6 Å². The number of anilines is 1. The first-order valence-corrected chi connectivity index (χ1v) is 8.54. The average Bonchev–Trinajstić information content (AvgIpc) is 2.44. The summed E-state index contributed by atoms with van der Waals surface area (Å²) in [7, 11) is -3.74. The van der Waals surface area contributed by atoms with E-state index in [0.717, 1.165) is 6.42 Å². The Morgan fingerprint density at radius 2 is 1.95 bits per heavy atom. The number of sulfonamides is 1. The van der Waals surface area contributed by atoms with Crippen LogP contribution in [0.2, 0.25) is 0 Å². The summed E-state index contributed by atoms with van der Waals surface area (Å²) in [5, 5.41) is 0. The van der Waals surface area contributed by atoms with Crippen LogP contribution in [0.5, 0.6) is 0 Å². The van der Waals surface area contributed by atoms with Crippen molar-refractivity contribution < 1.29 is 13.2 Å². The molecule has 0 aliphatic rings. The van der Waals surface area contributed by atoms with Gasteiger partial charge in [-0.3, -0.25) is 4.79 Å². The molecule has 0 unspecified atom stereocenters. The zero-order valence-electron chi connectivity index (χ0n) is 12.7. The fourth-order valence-corrected chi connectivity index (χ4v) is 3.32. The van der Waals surface area contributed by atoms with Crippen LogP contribution in [0, 0.1) is 0 Å². The molecule has 0 saturated heterocycles. The van der Waals surface area contributed by atoms with E-state index in [2.05, 4.69) is 4.72 Å². The molecule has 6 nitrogen and oxygen atoms in total. The fourth-order valence-electron chi connectivity index (χ4n) is 2.05. The van der Waals surface area contributed by atoms with Crippen LogP contribution >= 0.6 is 0 Å². The van der Waals surface area contributed by atoms with Crippen molar-refractivity contribution in [2.75, 3.05) is 25.4 Å². The highest BCUT2D eigenvalue weighted by Gasteiger charge is 2.24. The Labute approximate surface area is 126 Å². The minimum absolute atomic E-state index is 0.0658. The Hall–Kier alpha value is -1.60. The van der Waals surface area contributed by atoms with Crippen LogP contribution in [-0.2, 0) is 10.0 Å². The van der Waals surface area contributed by atoms with Gasteiger partial charge in [0.25, 0.3) is 5.91 Å². The molecule has 0 fully saturated rings. The van der Waals surface area contributed by atoms with E-state index in [1.807, 2.05) is 13.8 Å². The smallest absolute Gasteiger partial charge is 0.255 e. The average molecular weight is 313 g/mol. The number of nitrogens with one attached hydrogen (secondary N) is 1. The number of rotatable bonds is 7. The molecular formula is C14H23N3O3S. The molecule has 21 heavy (non-hydrogen) atoms. The van der Waals surface area contributed by atoms with Gasteiger partial charge < -0.3 is 10.6 Å². The van der Waals surface area contributed by atoms with Crippen molar-refractivity contribution in [3.63, 3.8) is 0 Å². The van der Waals surface area contributed by atoms with Crippen LogP contribution in [0.3, 0.4) is 0 Å². The fraction of sp³-hybridized carbons (Fsp3) is 0.500. The minimum Gasteiger partial charge on any atom is -0.399 e. The standard InChI is InChI=1S/C14H23N3O3S/c1-4-9-17(6-3)14(18)12-8-7-11(15)10-13(12)21(19,20)16-5-2/h7-8,10,16H,4-6,9,15H2,1-3H3. The maximum atomic E-state index is 12.5. The molecule has 0 aromatic heterocycles. The number of amides is 1. The van der Waals surface area contributed by atoms with E-state index in [1.54, 1.807) is 11.8 Å². The van der Waals surface area contributed by atoms with E-state index in [1.165, 1.54) is 18.2 Å². The van der Waals surface area contributed by atoms with Crippen LogP contribution in [-0.4, -0.2) is 38.9 Å². The lowest BCUT2D eigenvalue weighted by molar-refractivity contribution is 0.0760. The highest BCUT2D eigenvalue weighted by Crippen LogP contribution is 2.21. The zero-order chi connectivity index (χ0) is 16.0. The van der Waals surface area contributed by atoms with Crippen LogP contribution in [0.25, 0.3) is 0 Å². The molecular weight excluding hydrogens is 290 g/mol. The van der Waals surface area contributed by atoms with Crippen molar-refractivity contribution in [2.45, 2.75) is 32.1 Å². The molecule has 0 aliphatic heterocycles. The molecule has 3 N–H and O–H groups in total. The van der Waals surface area contributed by atoms with E-state index in [0.29, 0.717) is 18.8 Å². The topological polar surface area (TPSA) is 92.5 Å². The highest BCUT2D eigenvalue weighted by atomic mass is 32.2. The van der Waals surface area contributed by atoms with Crippen LogP contribution < -0.4 is 10.5 Å². The Balaban J connectivity index is 3.33. The minimum atomic E-state index is -3.74. The zero-order valence-corrected chi connectivity index (χ0v) is 13.5. The van der Waals surface area contributed by atoms with Gasteiger partial charge in [-0.15, -0.1) is 0 Å². The molecule has 118 valence electrons. The normalized spacial score (nSPS) is 11.4. The summed E-state index contributed by atoms with van der Waals surface area (Å²) in [6.07, 6.45) is 0.809. The van der Waals surface area contributed by atoms with Crippen molar-refractivity contribution in [1.29, 1.82) is 0 Å². The Morgan fingerprint density at radius 1 is 1.29 bits per heavy atom. The van der Waals surface area contributed by atoms with Gasteiger partial charge in [-0.1, -0.05) is 13.8 Å². The molecule has 1 rings (SSSR count). The summed E-state index contributed by atoms with van der Waals surface area (Å²) in [4.78, 5) is 14.1. The number of hydrogen-bond donors (Lipinski definition) is 2. The maximum absolute atomic E-state index is 12.5. The summed E-state index contributed by atoms with van der Waals surface area (Å²) in [6, 6.07) is 4.34. The van der Waals surface area contributed by atoms with Gasteiger partial charge in [0.05, 0.1) is 10.5 Å². The Kier molecular flexibility index (Phi) is 6.17.